The highest BCUT2D eigenvalue weighted by atomic mass is 32.2. The average molecular weight is 356 g/mol. The molecule has 7 nitrogen and oxygen atoms in total. The van der Waals surface area contributed by atoms with Gasteiger partial charge >= 0.3 is 0 Å². The lowest BCUT2D eigenvalue weighted by atomic mass is 9.92. The fraction of sp³-hybridized carbons (Fsp3) is 0.688. The molecule has 1 unspecified atom stereocenters. The number of nitrogens with one attached hydrogen (secondary N) is 2. The van der Waals surface area contributed by atoms with E-state index in [0.29, 0.717) is 18.0 Å². The van der Waals surface area contributed by atoms with E-state index in [0.717, 1.165) is 25.9 Å². The van der Waals surface area contributed by atoms with E-state index in [4.69, 9.17) is 5.73 Å². The number of hydrogen-bond acceptors (Lipinski definition) is 4. The Morgan fingerprint density at radius 2 is 2.04 bits per heavy atom. The van der Waals surface area contributed by atoms with E-state index < -0.39 is 15.6 Å². The fourth-order valence-corrected chi connectivity index (χ4v) is 4.62. The normalized spacial score (nSPS) is 18.1. The van der Waals surface area contributed by atoms with Crippen LogP contribution in [0.2, 0.25) is 0 Å². The maximum atomic E-state index is 12.6. The Balaban J connectivity index is 2.16. The number of sulfonamides is 1. The summed E-state index contributed by atoms with van der Waals surface area (Å²) in [5.74, 6) is 0.150. The van der Waals surface area contributed by atoms with E-state index in [2.05, 4.69) is 9.71 Å². The van der Waals surface area contributed by atoms with Gasteiger partial charge in [-0.2, -0.15) is 0 Å². The second-order valence-corrected chi connectivity index (χ2v) is 8.90. The zero-order valence-electron chi connectivity index (χ0n) is 14.6. The molecule has 1 aromatic heterocycles. The van der Waals surface area contributed by atoms with Crippen LogP contribution in [-0.2, 0) is 10.0 Å². The number of rotatable bonds is 7. The van der Waals surface area contributed by atoms with Gasteiger partial charge in [0.1, 0.15) is 10.6 Å². The number of nitrogens with zero attached hydrogens (tertiary/aromatic N) is 1. The van der Waals surface area contributed by atoms with E-state index in [1.165, 1.54) is 12.3 Å². The summed E-state index contributed by atoms with van der Waals surface area (Å²) in [5, 5.41) is 0. The van der Waals surface area contributed by atoms with Gasteiger partial charge in [0, 0.05) is 31.4 Å². The van der Waals surface area contributed by atoms with Crippen molar-refractivity contribution in [3.63, 3.8) is 0 Å². The Morgan fingerprint density at radius 1 is 1.42 bits per heavy atom. The van der Waals surface area contributed by atoms with Gasteiger partial charge in [-0.05, 0) is 38.2 Å². The fourth-order valence-electron chi connectivity index (χ4n) is 3.19. The molecule has 8 heteroatoms. The minimum atomic E-state index is -3.74. The van der Waals surface area contributed by atoms with Gasteiger partial charge in [-0.15, -0.1) is 0 Å². The summed E-state index contributed by atoms with van der Waals surface area (Å²) >= 11 is 0. The molecule has 1 atom stereocenters. The Kier molecular flexibility index (Phi) is 5.72. The molecule has 0 bridgehead atoms. The molecule has 0 radical (unpaired) electrons. The molecule has 1 aromatic rings. The molecule has 0 aliphatic carbocycles. The van der Waals surface area contributed by atoms with Crippen molar-refractivity contribution in [2.45, 2.75) is 50.5 Å². The summed E-state index contributed by atoms with van der Waals surface area (Å²) in [6.45, 7) is 7.48. The third-order valence-corrected chi connectivity index (χ3v) is 5.90. The minimum Gasteiger partial charge on any atom is -0.356 e. The van der Waals surface area contributed by atoms with Gasteiger partial charge in [0.15, 0.2) is 0 Å². The predicted octanol–water partition coefficient (Wildman–Crippen LogP) is 1.29. The molecule has 4 N–H and O–H groups in total. The molecule has 0 spiro atoms. The van der Waals surface area contributed by atoms with Gasteiger partial charge in [0.2, 0.25) is 10.0 Å². The van der Waals surface area contributed by atoms with Gasteiger partial charge in [0.25, 0.3) is 5.91 Å². The van der Waals surface area contributed by atoms with Crippen LogP contribution in [0.4, 0.5) is 0 Å². The van der Waals surface area contributed by atoms with Crippen molar-refractivity contribution in [1.82, 2.24) is 14.6 Å². The highest BCUT2D eigenvalue weighted by Crippen LogP contribution is 2.21. The van der Waals surface area contributed by atoms with Crippen molar-refractivity contribution >= 4 is 15.9 Å². The monoisotopic (exact) mass is 356 g/mol. The second-order valence-electron chi connectivity index (χ2n) is 7.22. The van der Waals surface area contributed by atoms with E-state index in [1.54, 1.807) is 11.8 Å². The number of H-pyrrole nitrogens is 1. The summed E-state index contributed by atoms with van der Waals surface area (Å²) in [5.41, 5.74) is 5.36. The van der Waals surface area contributed by atoms with Crippen molar-refractivity contribution in [3.8, 4) is 0 Å². The molecule has 1 aliphatic heterocycles. The van der Waals surface area contributed by atoms with E-state index in [-0.39, 0.29) is 17.3 Å². The van der Waals surface area contributed by atoms with Crippen LogP contribution in [0.1, 0.15) is 50.5 Å². The summed E-state index contributed by atoms with van der Waals surface area (Å²) in [4.78, 5) is 16.9. The van der Waals surface area contributed by atoms with Crippen molar-refractivity contribution in [3.05, 3.63) is 18.0 Å². The van der Waals surface area contributed by atoms with Gasteiger partial charge < -0.3 is 15.6 Å². The number of carbonyl (C=O) groups excluding carboxylic acids is 1. The van der Waals surface area contributed by atoms with Crippen LogP contribution in [0.25, 0.3) is 0 Å². The lowest BCUT2D eigenvalue weighted by Gasteiger charge is -2.30. The molecule has 1 saturated heterocycles. The molecule has 0 aromatic carbocycles. The molecule has 0 saturated carbocycles. The third-order valence-electron chi connectivity index (χ3n) is 4.28. The summed E-state index contributed by atoms with van der Waals surface area (Å²) in [6.07, 6.45) is 3.97. The lowest BCUT2D eigenvalue weighted by Crippen LogP contribution is -2.51. The van der Waals surface area contributed by atoms with E-state index >= 15 is 0 Å². The lowest BCUT2D eigenvalue weighted by molar-refractivity contribution is 0.0787. The minimum absolute atomic E-state index is 0.0634. The summed E-state index contributed by atoms with van der Waals surface area (Å²) in [6, 6.07) is 1.40. The molecule has 24 heavy (non-hydrogen) atoms. The van der Waals surface area contributed by atoms with Crippen LogP contribution in [0, 0.1) is 5.92 Å². The highest BCUT2D eigenvalue weighted by Gasteiger charge is 2.31. The zero-order valence-corrected chi connectivity index (χ0v) is 15.4. The van der Waals surface area contributed by atoms with E-state index in [9.17, 15) is 13.2 Å². The Labute approximate surface area is 144 Å². The van der Waals surface area contributed by atoms with Crippen LogP contribution in [-0.4, -0.2) is 49.4 Å². The molecular formula is C16H28N4O3S. The van der Waals surface area contributed by atoms with Gasteiger partial charge in [0.05, 0.1) is 0 Å². The number of carbonyl (C=O) groups is 1. The molecule has 1 fully saturated rings. The van der Waals surface area contributed by atoms with E-state index in [1.807, 2.05) is 13.8 Å². The molecule has 1 aliphatic rings. The molecular weight excluding hydrogens is 328 g/mol. The molecule has 2 rings (SSSR count). The van der Waals surface area contributed by atoms with Gasteiger partial charge in [-0.3, -0.25) is 4.79 Å². The number of hydrogen-bond donors (Lipinski definition) is 3. The Morgan fingerprint density at radius 3 is 2.58 bits per heavy atom. The molecule has 136 valence electrons. The summed E-state index contributed by atoms with van der Waals surface area (Å²) < 4.78 is 28.0. The number of amides is 1. The van der Waals surface area contributed by atoms with Crippen LogP contribution < -0.4 is 10.5 Å². The maximum absolute atomic E-state index is 12.6. The number of aromatic amines is 1. The SMILES string of the molecule is CC(C)CC(C)(CN)NS(=O)(=O)c1c[nH]c(C(=O)N2CCCC2)c1. The Hall–Kier alpha value is -1.38. The van der Waals surface area contributed by atoms with Crippen molar-refractivity contribution in [1.29, 1.82) is 0 Å². The first-order valence-corrected chi connectivity index (χ1v) is 9.87. The standard InChI is InChI=1S/C16H28N4O3S/c1-12(2)9-16(3,11-17)19-24(22,23)13-8-14(18-10-13)15(21)20-6-4-5-7-20/h8,10,12,18-19H,4-7,9,11,17H2,1-3H3. The highest BCUT2D eigenvalue weighted by molar-refractivity contribution is 7.89. The second kappa shape index (κ2) is 7.25. The van der Waals surface area contributed by atoms with Crippen LogP contribution in [0.3, 0.4) is 0 Å². The van der Waals surface area contributed by atoms with Gasteiger partial charge in [-0.25, -0.2) is 13.1 Å². The predicted molar refractivity (Wildman–Crippen MR) is 93.2 cm³/mol. The van der Waals surface area contributed by atoms with Crippen molar-refractivity contribution in [2.75, 3.05) is 19.6 Å². The average Bonchev–Trinajstić information content (AvgIpc) is 3.17. The first-order chi connectivity index (χ1) is 11.2. The molecule has 1 amide bonds. The molecule has 2 heterocycles. The third kappa shape index (κ3) is 4.37. The largest absolute Gasteiger partial charge is 0.356 e. The Bertz CT molecular complexity index is 677. The first-order valence-electron chi connectivity index (χ1n) is 8.38. The van der Waals surface area contributed by atoms with Crippen LogP contribution in [0.5, 0.6) is 0 Å². The zero-order chi connectivity index (χ0) is 18.0. The topological polar surface area (TPSA) is 108 Å². The summed E-state index contributed by atoms with van der Waals surface area (Å²) in [7, 11) is -3.74. The number of nitrogens with two attached hydrogens (primary N) is 1. The maximum Gasteiger partial charge on any atom is 0.270 e. The van der Waals surface area contributed by atoms with Gasteiger partial charge in [-0.1, -0.05) is 13.8 Å². The van der Waals surface area contributed by atoms with Crippen molar-refractivity contribution < 1.29 is 13.2 Å². The quantitative estimate of drug-likeness (QED) is 0.684. The first kappa shape index (κ1) is 19.0. The van der Waals surface area contributed by atoms with Crippen molar-refractivity contribution in [2.24, 2.45) is 11.7 Å². The van der Waals surface area contributed by atoms with Crippen LogP contribution >= 0.6 is 0 Å². The number of aromatic nitrogens is 1. The smallest absolute Gasteiger partial charge is 0.270 e. The van der Waals surface area contributed by atoms with Crippen LogP contribution in [0.15, 0.2) is 17.2 Å². The number of likely N-dealkylation sites (tertiary alicyclic amines) is 1.